The molecule has 4 amide bonds. The molecule has 10 heteroatoms. The molecule has 3 rings (SSSR count). The van der Waals surface area contributed by atoms with E-state index in [0.29, 0.717) is 48.5 Å². The van der Waals surface area contributed by atoms with E-state index >= 15 is 0 Å². The number of amides is 4. The number of nitrogens with zero attached hydrogens (tertiary/aromatic N) is 3. The number of aliphatic hydroxyl groups excluding tert-OH is 1. The molecule has 2 saturated heterocycles. The van der Waals surface area contributed by atoms with Gasteiger partial charge in [0, 0.05) is 44.8 Å². The zero-order valence-electron chi connectivity index (χ0n) is 17.7. The van der Waals surface area contributed by atoms with E-state index in [1.807, 2.05) is 6.92 Å². The molecule has 2 heterocycles. The highest BCUT2D eigenvalue weighted by molar-refractivity contribution is 6.42. The molecule has 1 aromatic carbocycles. The van der Waals surface area contributed by atoms with Crippen LogP contribution in [0.1, 0.15) is 26.7 Å². The number of hydrogen-bond donors (Lipinski definition) is 2. The van der Waals surface area contributed by atoms with Crippen LogP contribution in [0.25, 0.3) is 0 Å². The molecule has 0 spiro atoms. The van der Waals surface area contributed by atoms with Crippen LogP contribution in [0.4, 0.5) is 10.5 Å². The number of piperidine rings is 1. The maximum Gasteiger partial charge on any atom is 0.322 e. The Bertz CT molecular complexity index is 853. The van der Waals surface area contributed by atoms with E-state index in [1.54, 1.807) is 34.9 Å². The first kappa shape index (κ1) is 23.6. The van der Waals surface area contributed by atoms with Gasteiger partial charge in [-0.05, 0) is 37.5 Å². The fourth-order valence-corrected chi connectivity index (χ4v) is 4.16. The number of rotatable bonds is 4. The molecule has 1 aromatic rings. The van der Waals surface area contributed by atoms with E-state index < -0.39 is 18.2 Å². The third-order valence-electron chi connectivity index (χ3n) is 6.05. The normalized spacial score (nSPS) is 24.4. The van der Waals surface area contributed by atoms with Gasteiger partial charge in [0.2, 0.25) is 11.8 Å². The van der Waals surface area contributed by atoms with Crippen LogP contribution in [0.15, 0.2) is 18.2 Å². The number of β-amino-alcohol motifs (C(OH)–C–C–N with tert-alkyl or cyclic N) is 1. The molecule has 2 aliphatic heterocycles. The lowest BCUT2D eigenvalue weighted by Gasteiger charge is -2.39. The summed E-state index contributed by atoms with van der Waals surface area (Å²) in [5, 5.41) is 13.4. The van der Waals surface area contributed by atoms with Crippen LogP contribution in [-0.2, 0) is 9.59 Å². The summed E-state index contributed by atoms with van der Waals surface area (Å²) < 4.78 is 0. The molecule has 2 fully saturated rings. The van der Waals surface area contributed by atoms with Crippen LogP contribution in [0.3, 0.4) is 0 Å². The fourth-order valence-electron chi connectivity index (χ4n) is 3.86. The van der Waals surface area contributed by atoms with Crippen molar-refractivity contribution in [3.63, 3.8) is 0 Å². The number of nitrogens with one attached hydrogen (secondary N) is 1. The number of urea groups is 1. The number of piperazine rings is 1. The van der Waals surface area contributed by atoms with Gasteiger partial charge >= 0.3 is 6.03 Å². The van der Waals surface area contributed by atoms with Crippen molar-refractivity contribution >= 4 is 46.7 Å². The number of carbonyl (C=O) groups is 3. The van der Waals surface area contributed by atoms with E-state index in [2.05, 4.69) is 5.32 Å². The average Bonchev–Trinajstić information content (AvgIpc) is 2.73. The molecule has 0 aliphatic carbocycles. The zero-order valence-corrected chi connectivity index (χ0v) is 19.2. The Kier molecular flexibility index (Phi) is 7.67. The van der Waals surface area contributed by atoms with Gasteiger partial charge in [0.1, 0.15) is 6.04 Å². The fraction of sp³-hybridized carbons (Fsp3) is 0.571. The molecule has 31 heavy (non-hydrogen) atoms. The van der Waals surface area contributed by atoms with Gasteiger partial charge in [0.25, 0.3) is 0 Å². The van der Waals surface area contributed by atoms with Gasteiger partial charge in [-0.15, -0.1) is 0 Å². The summed E-state index contributed by atoms with van der Waals surface area (Å²) in [6.45, 7) is 5.62. The number of hydrogen-bond acceptors (Lipinski definition) is 4. The monoisotopic (exact) mass is 470 g/mol. The minimum Gasteiger partial charge on any atom is -0.391 e. The van der Waals surface area contributed by atoms with Crippen molar-refractivity contribution < 1.29 is 19.5 Å². The quantitative estimate of drug-likeness (QED) is 0.707. The van der Waals surface area contributed by atoms with Crippen molar-refractivity contribution in [1.82, 2.24) is 14.7 Å². The lowest BCUT2D eigenvalue weighted by Crippen LogP contribution is -2.58. The maximum absolute atomic E-state index is 12.8. The van der Waals surface area contributed by atoms with Crippen molar-refractivity contribution in [2.45, 2.75) is 38.8 Å². The molecule has 8 nitrogen and oxygen atoms in total. The molecule has 0 bridgehead atoms. The zero-order chi connectivity index (χ0) is 22.7. The highest BCUT2D eigenvalue weighted by Crippen LogP contribution is 2.25. The maximum atomic E-state index is 12.8. The number of carbonyl (C=O) groups excluding carboxylic acids is 3. The topological polar surface area (TPSA) is 93.2 Å². The largest absolute Gasteiger partial charge is 0.391 e. The lowest BCUT2D eigenvalue weighted by atomic mass is 9.96. The number of likely N-dealkylation sites (tertiary alicyclic amines) is 1. The third kappa shape index (κ3) is 5.61. The Labute approximate surface area is 192 Å². The van der Waals surface area contributed by atoms with E-state index in [0.717, 1.165) is 6.42 Å². The highest BCUT2D eigenvalue weighted by atomic mass is 35.5. The van der Waals surface area contributed by atoms with E-state index in [4.69, 9.17) is 23.2 Å². The highest BCUT2D eigenvalue weighted by Gasteiger charge is 2.35. The Balaban J connectivity index is 1.51. The Hall–Kier alpha value is -2.03. The number of benzene rings is 1. The number of anilines is 1. The molecule has 2 aliphatic rings. The molecule has 0 radical (unpaired) electrons. The van der Waals surface area contributed by atoms with Crippen molar-refractivity contribution in [1.29, 1.82) is 0 Å². The Morgan fingerprint density at radius 2 is 1.90 bits per heavy atom. The van der Waals surface area contributed by atoms with Crippen molar-refractivity contribution in [3.05, 3.63) is 28.2 Å². The minimum absolute atomic E-state index is 0.0637. The smallest absolute Gasteiger partial charge is 0.322 e. The Morgan fingerprint density at radius 1 is 1.16 bits per heavy atom. The summed E-state index contributed by atoms with van der Waals surface area (Å²) in [5.74, 6) is -0.0727. The van der Waals surface area contributed by atoms with Crippen LogP contribution in [0.5, 0.6) is 0 Å². The molecule has 0 aromatic heterocycles. The molecule has 0 saturated carbocycles. The van der Waals surface area contributed by atoms with Gasteiger partial charge in [-0.2, -0.15) is 0 Å². The molecule has 0 unspecified atom stereocenters. The number of aliphatic hydroxyl groups is 1. The first-order valence-corrected chi connectivity index (χ1v) is 11.2. The van der Waals surface area contributed by atoms with Crippen LogP contribution >= 0.6 is 23.2 Å². The molecule has 3 atom stereocenters. The second-order valence-electron chi connectivity index (χ2n) is 8.18. The minimum atomic E-state index is -0.649. The predicted molar refractivity (Wildman–Crippen MR) is 119 cm³/mol. The van der Waals surface area contributed by atoms with E-state index in [-0.39, 0.29) is 24.2 Å². The third-order valence-corrected chi connectivity index (χ3v) is 6.79. The summed E-state index contributed by atoms with van der Waals surface area (Å²) in [6.07, 6.45) is 0.474. The summed E-state index contributed by atoms with van der Waals surface area (Å²) in [5.41, 5.74) is 0.491. The van der Waals surface area contributed by atoms with Crippen LogP contribution in [0.2, 0.25) is 10.0 Å². The van der Waals surface area contributed by atoms with Crippen molar-refractivity contribution in [2.75, 3.05) is 38.0 Å². The standard InChI is InChI=1S/C21H28Cl2N4O4/c1-13-5-7-26(12-18(13)28)19(29)6-8-25-9-10-27(14(2)20(25)30)21(31)24-15-3-4-16(22)17(23)11-15/h3-4,11,13-14,18,28H,5-10,12H2,1-2H3,(H,24,31)/t13-,14-,18+/m0/s1. The van der Waals surface area contributed by atoms with E-state index in [1.165, 1.54) is 4.90 Å². The van der Waals surface area contributed by atoms with Gasteiger partial charge in [0.15, 0.2) is 0 Å². The second kappa shape index (κ2) is 10.1. The van der Waals surface area contributed by atoms with Gasteiger partial charge in [-0.1, -0.05) is 30.1 Å². The van der Waals surface area contributed by atoms with Crippen molar-refractivity contribution in [2.24, 2.45) is 5.92 Å². The molecule has 170 valence electrons. The van der Waals surface area contributed by atoms with Crippen molar-refractivity contribution in [3.8, 4) is 0 Å². The SMILES string of the molecule is C[C@H]1CCN(C(=O)CCN2CCN(C(=O)Nc3ccc(Cl)c(Cl)c3)[C@@H](C)C2=O)C[C@H]1O. The first-order valence-electron chi connectivity index (χ1n) is 10.4. The lowest BCUT2D eigenvalue weighted by molar-refractivity contribution is -0.141. The van der Waals surface area contributed by atoms with Gasteiger partial charge in [0.05, 0.1) is 16.1 Å². The molecular weight excluding hydrogens is 443 g/mol. The predicted octanol–water partition coefficient (Wildman–Crippen LogP) is 2.68. The summed E-state index contributed by atoms with van der Waals surface area (Å²) >= 11 is 11.9. The van der Waals surface area contributed by atoms with Crippen LogP contribution in [0, 0.1) is 5.92 Å². The van der Waals surface area contributed by atoms with Crippen LogP contribution in [-0.4, -0.2) is 82.5 Å². The van der Waals surface area contributed by atoms with Crippen LogP contribution < -0.4 is 5.32 Å². The van der Waals surface area contributed by atoms with E-state index in [9.17, 15) is 19.5 Å². The summed E-state index contributed by atoms with van der Waals surface area (Å²) in [4.78, 5) is 42.7. The van der Waals surface area contributed by atoms with Gasteiger partial charge in [-0.25, -0.2) is 4.79 Å². The average molecular weight is 471 g/mol. The molecule has 2 N–H and O–H groups in total. The first-order chi connectivity index (χ1) is 14.7. The van der Waals surface area contributed by atoms with Gasteiger partial charge < -0.3 is 25.1 Å². The number of halogens is 2. The van der Waals surface area contributed by atoms with Gasteiger partial charge in [-0.3, -0.25) is 9.59 Å². The Morgan fingerprint density at radius 3 is 2.58 bits per heavy atom. The summed E-state index contributed by atoms with van der Waals surface area (Å²) in [7, 11) is 0. The summed E-state index contributed by atoms with van der Waals surface area (Å²) in [6, 6.07) is 3.73. The molecular formula is C21H28Cl2N4O4. The second-order valence-corrected chi connectivity index (χ2v) is 8.99.